The van der Waals surface area contributed by atoms with Crippen molar-refractivity contribution in [2.24, 2.45) is 0 Å². The lowest BCUT2D eigenvalue weighted by atomic mass is 10.2. The summed E-state index contributed by atoms with van der Waals surface area (Å²) in [5.74, 6) is -0.177. The Morgan fingerprint density at radius 1 is 1.22 bits per heavy atom. The minimum atomic E-state index is -0.476. The van der Waals surface area contributed by atoms with Crippen LogP contribution < -0.4 is 20.9 Å². The summed E-state index contributed by atoms with van der Waals surface area (Å²) in [5.41, 5.74) is 1.23. The molecule has 1 aromatic carbocycles. The lowest BCUT2D eigenvalue weighted by molar-refractivity contribution is -0.120. The molecule has 1 aliphatic rings. The Balaban J connectivity index is 1.93. The quantitative estimate of drug-likeness (QED) is 0.741. The molecule has 0 aliphatic carbocycles. The van der Waals surface area contributed by atoms with Gasteiger partial charge >= 0.3 is 6.03 Å². The molecule has 0 bridgehead atoms. The zero-order valence-electron chi connectivity index (χ0n) is 13.2. The lowest BCUT2D eigenvalue weighted by Gasteiger charge is -2.20. The van der Waals surface area contributed by atoms with Crippen LogP contribution in [0.1, 0.15) is 26.2 Å². The van der Waals surface area contributed by atoms with Gasteiger partial charge < -0.3 is 20.9 Å². The highest BCUT2D eigenvalue weighted by Crippen LogP contribution is 2.29. The maximum Gasteiger partial charge on any atom is 0.319 e. The Labute approximate surface area is 135 Å². The van der Waals surface area contributed by atoms with Crippen molar-refractivity contribution in [1.82, 2.24) is 10.6 Å². The van der Waals surface area contributed by atoms with Crippen LogP contribution in [0.2, 0.25) is 0 Å². The van der Waals surface area contributed by atoms with Gasteiger partial charge in [0.2, 0.25) is 11.8 Å². The fourth-order valence-corrected chi connectivity index (χ4v) is 2.37. The molecule has 124 valence electrons. The van der Waals surface area contributed by atoms with Crippen LogP contribution >= 0.6 is 0 Å². The monoisotopic (exact) mass is 318 g/mol. The number of amides is 4. The Morgan fingerprint density at radius 2 is 2.00 bits per heavy atom. The van der Waals surface area contributed by atoms with Crippen molar-refractivity contribution in [3.63, 3.8) is 0 Å². The molecule has 0 unspecified atom stereocenters. The molecule has 1 aromatic rings. The molecule has 1 fully saturated rings. The van der Waals surface area contributed by atoms with Gasteiger partial charge in [0.15, 0.2) is 0 Å². The maximum absolute atomic E-state index is 11.9. The molecule has 1 saturated heterocycles. The smallest absolute Gasteiger partial charge is 0.319 e. The molecule has 0 radical (unpaired) electrons. The molecule has 0 atom stereocenters. The number of rotatable bonds is 6. The Morgan fingerprint density at radius 3 is 2.70 bits per heavy atom. The van der Waals surface area contributed by atoms with Gasteiger partial charge in [-0.1, -0.05) is 19.1 Å². The molecule has 0 saturated carbocycles. The zero-order chi connectivity index (χ0) is 16.7. The third-order valence-corrected chi connectivity index (χ3v) is 3.50. The summed E-state index contributed by atoms with van der Waals surface area (Å²) in [6, 6.07) is 6.66. The average Bonchev–Trinajstić information content (AvgIpc) is 2.97. The molecule has 1 aliphatic heterocycles. The fourth-order valence-electron chi connectivity index (χ4n) is 2.37. The molecule has 23 heavy (non-hydrogen) atoms. The zero-order valence-corrected chi connectivity index (χ0v) is 13.2. The van der Waals surface area contributed by atoms with Gasteiger partial charge in [0, 0.05) is 19.5 Å². The number of nitrogens with zero attached hydrogens (tertiary/aromatic N) is 1. The Bertz CT molecular complexity index is 588. The van der Waals surface area contributed by atoms with Gasteiger partial charge in [0.1, 0.15) is 0 Å². The number of anilines is 2. The van der Waals surface area contributed by atoms with Crippen molar-refractivity contribution in [3.05, 3.63) is 24.3 Å². The number of benzene rings is 1. The molecule has 1 heterocycles. The lowest BCUT2D eigenvalue weighted by Crippen LogP contribution is -2.39. The van der Waals surface area contributed by atoms with Crippen molar-refractivity contribution in [2.45, 2.75) is 26.2 Å². The summed E-state index contributed by atoms with van der Waals surface area (Å²) >= 11 is 0. The first-order valence-electron chi connectivity index (χ1n) is 7.82. The van der Waals surface area contributed by atoms with Gasteiger partial charge in [-0.2, -0.15) is 0 Å². The summed E-state index contributed by atoms with van der Waals surface area (Å²) in [6.45, 7) is 3.11. The Hall–Kier alpha value is -2.57. The number of urea groups is 1. The van der Waals surface area contributed by atoms with Gasteiger partial charge in [0.25, 0.3) is 0 Å². The second kappa shape index (κ2) is 8.17. The summed E-state index contributed by atoms with van der Waals surface area (Å²) in [6.07, 6.45) is 2.18. The predicted molar refractivity (Wildman–Crippen MR) is 88.4 cm³/mol. The molecular formula is C16H22N4O3. The average molecular weight is 318 g/mol. The topological polar surface area (TPSA) is 90.5 Å². The predicted octanol–water partition coefficient (Wildman–Crippen LogP) is 1.46. The largest absolute Gasteiger partial charge is 0.355 e. The SMILES string of the molecule is CCCNC(=O)CNC(=O)Nc1ccccc1N1CCCC1=O. The summed E-state index contributed by atoms with van der Waals surface area (Å²) < 4.78 is 0. The molecule has 4 amide bonds. The van der Waals surface area contributed by atoms with Gasteiger partial charge in [-0.15, -0.1) is 0 Å². The van der Waals surface area contributed by atoms with Crippen molar-refractivity contribution in [3.8, 4) is 0 Å². The maximum atomic E-state index is 11.9. The molecular weight excluding hydrogens is 296 g/mol. The van der Waals surface area contributed by atoms with Gasteiger partial charge in [-0.25, -0.2) is 4.79 Å². The molecule has 0 spiro atoms. The third-order valence-electron chi connectivity index (χ3n) is 3.50. The second-order valence-electron chi connectivity index (χ2n) is 5.32. The van der Waals surface area contributed by atoms with Crippen LogP contribution in [0.5, 0.6) is 0 Å². The van der Waals surface area contributed by atoms with Crippen LogP contribution in [-0.2, 0) is 9.59 Å². The van der Waals surface area contributed by atoms with E-state index in [1.54, 1.807) is 23.1 Å². The van der Waals surface area contributed by atoms with Crippen LogP contribution in [0.25, 0.3) is 0 Å². The van der Waals surface area contributed by atoms with E-state index in [0.717, 1.165) is 12.8 Å². The van der Waals surface area contributed by atoms with E-state index in [2.05, 4.69) is 16.0 Å². The number of hydrogen-bond donors (Lipinski definition) is 3. The molecule has 3 N–H and O–H groups in total. The highest BCUT2D eigenvalue weighted by atomic mass is 16.2. The van der Waals surface area contributed by atoms with Crippen LogP contribution in [0.4, 0.5) is 16.2 Å². The van der Waals surface area contributed by atoms with E-state index in [-0.39, 0.29) is 18.4 Å². The highest BCUT2D eigenvalue weighted by molar-refractivity contribution is 6.02. The Kier molecular flexibility index (Phi) is 5.96. The number of carbonyl (C=O) groups is 3. The van der Waals surface area contributed by atoms with Crippen LogP contribution in [0, 0.1) is 0 Å². The normalized spacial score (nSPS) is 13.8. The van der Waals surface area contributed by atoms with Gasteiger partial charge in [-0.3, -0.25) is 9.59 Å². The molecule has 7 heteroatoms. The first-order valence-corrected chi connectivity index (χ1v) is 7.82. The number of hydrogen-bond acceptors (Lipinski definition) is 3. The van der Waals surface area contributed by atoms with Gasteiger partial charge in [-0.05, 0) is 25.0 Å². The number of carbonyl (C=O) groups excluding carboxylic acids is 3. The minimum Gasteiger partial charge on any atom is -0.355 e. The van der Waals surface area contributed by atoms with Crippen molar-refractivity contribution in [1.29, 1.82) is 0 Å². The van der Waals surface area contributed by atoms with E-state index in [9.17, 15) is 14.4 Å². The molecule has 7 nitrogen and oxygen atoms in total. The van der Waals surface area contributed by atoms with Crippen molar-refractivity contribution < 1.29 is 14.4 Å². The highest BCUT2D eigenvalue weighted by Gasteiger charge is 2.24. The molecule has 2 rings (SSSR count). The van der Waals surface area contributed by atoms with Crippen molar-refractivity contribution >= 4 is 29.2 Å². The van der Waals surface area contributed by atoms with E-state index in [0.29, 0.717) is 30.9 Å². The fraction of sp³-hybridized carbons (Fsp3) is 0.438. The third kappa shape index (κ3) is 4.70. The van der Waals surface area contributed by atoms with E-state index >= 15 is 0 Å². The summed E-state index contributed by atoms with van der Waals surface area (Å²) in [4.78, 5) is 36.9. The van der Waals surface area contributed by atoms with Crippen molar-refractivity contribution in [2.75, 3.05) is 29.9 Å². The van der Waals surface area contributed by atoms with E-state index in [1.807, 2.05) is 13.0 Å². The van der Waals surface area contributed by atoms with Crippen LogP contribution in [0.15, 0.2) is 24.3 Å². The minimum absolute atomic E-state index is 0.0543. The van der Waals surface area contributed by atoms with Gasteiger partial charge in [0.05, 0.1) is 17.9 Å². The standard InChI is InChI=1S/C16H22N4O3/c1-2-9-17-14(21)11-18-16(23)19-12-6-3-4-7-13(12)20-10-5-8-15(20)22/h3-4,6-7H,2,5,8-11H2,1H3,(H,17,21)(H2,18,19,23). The first-order chi connectivity index (χ1) is 11.1. The van der Waals surface area contributed by atoms with Crippen LogP contribution in [0.3, 0.4) is 0 Å². The van der Waals surface area contributed by atoms with Crippen LogP contribution in [-0.4, -0.2) is 37.5 Å². The number of para-hydroxylation sites is 2. The number of nitrogens with one attached hydrogen (secondary N) is 3. The summed E-state index contributed by atoms with van der Waals surface area (Å²) in [5, 5.41) is 7.88. The second-order valence-corrected chi connectivity index (χ2v) is 5.32. The summed E-state index contributed by atoms with van der Waals surface area (Å²) in [7, 11) is 0. The van der Waals surface area contributed by atoms with E-state index in [1.165, 1.54) is 0 Å². The van der Waals surface area contributed by atoms with E-state index in [4.69, 9.17) is 0 Å². The van der Waals surface area contributed by atoms with E-state index < -0.39 is 6.03 Å². The first kappa shape index (κ1) is 16.8. The molecule has 0 aromatic heterocycles.